The molecule has 0 saturated heterocycles. The number of fused-ring (bicyclic) bond motifs is 5. The number of rotatable bonds is 1. The van der Waals surface area contributed by atoms with E-state index >= 15 is 0 Å². The van der Waals surface area contributed by atoms with E-state index in [1.165, 1.54) is 6.92 Å². The molecule has 0 saturated carbocycles. The van der Waals surface area contributed by atoms with Crippen LogP contribution in [0.25, 0.3) is 16.7 Å². The topological polar surface area (TPSA) is 52.0 Å². The molecule has 4 nitrogen and oxygen atoms in total. The van der Waals surface area contributed by atoms with Crippen LogP contribution in [0.15, 0.2) is 29.1 Å². The fraction of sp³-hybridized carbons (Fsp3) is 0.167. The Bertz CT molecular complexity index is 1070. The third kappa shape index (κ3) is 2.12. The second-order valence-electron chi connectivity index (χ2n) is 5.81. The number of ketones is 1. The molecule has 4 rings (SSSR count). The van der Waals surface area contributed by atoms with Crippen molar-refractivity contribution < 1.29 is 23.4 Å². The predicted octanol–water partition coefficient (Wildman–Crippen LogP) is 1.39. The zero-order chi connectivity index (χ0) is 16.3. The Balaban J connectivity index is 0.00000169. The molecule has 2 aromatic heterocycles. The van der Waals surface area contributed by atoms with E-state index < -0.39 is 0 Å². The Morgan fingerprint density at radius 1 is 1.33 bits per heavy atom. The normalized spacial score (nSPS) is 11.8. The number of carbonyl (C=O) groups is 1. The molecule has 0 unspecified atom stereocenters. The number of aryl methyl sites for hydroxylation is 1. The van der Waals surface area contributed by atoms with E-state index in [0.717, 1.165) is 11.3 Å². The van der Waals surface area contributed by atoms with Gasteiger partial charge in [-0.2, -0.15) is 5.46 Å². The minimum Gasteiger partial charge on any atom is -0.381 e. The maximum absolute atomic E-state index is 12.8. The van der Waals surface area contributed by atoms with Crippen molar-refractivity contribution in [3.8, 4) is 5.69 Å². The van der Waals surface area contributed by atoms with Crippen LogP contribution in [0.3, 0.4) is 0 Å². The van der Waals surface area contributed by atoms with Crippen molar-refractivity contribution >= 4 is 30.1 Å². The molecule has 0 spiro atoms. The van der Waals surface area contributed by atoms with Gasteiger partial charge in [0.05, 0.1) is 5.56 Å². The number of para-hydroxylation sites is 1. The summed E-state index contributed by atoms with van der Waals surface area (Å²) in [5.41, 5.74) is 4.44. The van der Waals surface area contributed by atoms with Gasteiger partial charge in [0.15, 0.2) is 11.2 Å². The number of carbonyl (C=O) groups excluding carboxylic acids is 1. The van der Waals surface area contributed by atoms with E-state index in [1.807, 2.05) is 28.8 Å². The molecule has 0 fully saturated rings. The number of Topliss-reactive ketones (excluding diaryl/α,β-unsaturated/α-hetero) is 1. The fourth-order valence-electron chi connectivity index (χ4n) is 3.29. The molecule has 24 heavy (non-hydrogen) atoms. The summed E-state index contributed by atoms with van der Waals surface area (Å²) in [4.78, 5) is 29.0. The Morgan fingerprint density at radius 3 is 2.75 bits per heavy atom. The number of hydrogen-bond acceptors (Lipinski definition) is 3. The van der Waals surface area contributed by atoms with Gasteiger partial charge >= 0.3 is 0 Å². The van der Waals surface area contributed by atoms with Crippen molar-refractivity contribution in [2.24, 2.45) is 0 Å². The Hall–Kier alpha value is -2.10. The number of benzene rings is 1. The molecule has 0 N–H and O–H groups in total. The van der Waals surface area contributed by atoms with Gasteiger partial charge in [-0.1, -0.05) is 31.3 Å². The van der Waals surface area contributed by atoms with E-state index in [1.54, 1.807) is 6.92 Å². The van der Waals surface area contributed by atoms with Crippen LogP contribution < -0.4 is 10.9 Å². The third-order valence-electron chi connectivity index (χ3n) is 4.39. The second-order valence-corrected chi connectivity index (χ2v) is 5.81. The Kier molecular flexibility index (Phi) is 4.02. The van der Waals surface area contributed by atoms with E-state index in [-0.39, 0.29) is 40.8 Å². The van der Waals surface area contributed by atoms with E-state index in [9.17, 15) is 9.59 Å². The minimum atomic E-state index is -0.366. The van der Waals surface area contributed by atoms with Gasteiger partial charge in [-0.05, 0) is 24.1 Å². The molecule has 3 aromatic rings. The smallest absolute Gasteiger partial charge is 0.164 e. The summed E-state index contributed by atoms with van der Waals surface area (Å²) in [6.45, 7) is 3.21. The molecule has 1 aliphatic heterocycles. The molecule has 3 heterocycles. The number of hydrogen-bond donors (Lipinski definition) is 0. The minimum absolute atomic E-state index is 0. The van der Waals surface area contributed by atoms with Gasteiger partial charge < -0.3 is 14.3 Å². The van der Waals surface area contributed by atoms with Gasteiger partial charge in [-0.15, -0.1) is 5.56 Å². The molecule has 0 atom stereocenters. The van der Waals surface area contributed by atoms with Crippen molar-refractivity contribution in [1.29, 1.82) is 0 Å². The van der Waals surface area contributed by atoms with Crippen LogP contribution in [-0.2, 0) is 25.0 Å². The largest absolute Gasteiger partial charge is 0.381 e. The summed E-state index contributed by atoms with van der Waals surface area (Å²) in [6.07, 6.45) is 3.30. The molecule has 3 radical (unpaired) electrons. The molecule has 115 valence electrons. The van der Waals surface area contributed by atoms with E-state index in [0.29, 0.717) is 28.7 Å². The van der Waals surface area contributed by atoms with Gasteiger partial charge in [-0.3, -0.25) is 4.79 Å². The number of aromatic nitrogens is 2. The summed E-state index contributed by atoms with van der Waals surface area (Å²) >= 11 is 0. The van der Waals surface area contributed by atoms with Gasteiger partial charge in [0.25, 0.3) is 0 Å². The molecule has 1 aliphatic rings. The van der Waals surface area contributed by atoms with Crippen LogP contribution >= 0.6 is 0 Å². The van der Waals surface area contributed by atoms with Gasteiger partial charge in [-0.25, -0.2) is 0 Å². The van der Waals surface area contributed by atoms with Gasteiger partial charge in [0.1, 0.15) is 0 Å². The molecule has 6 heteroatoms. The molecule has 1 aromatic carbocycles. The number of nitrogens with zero attached hydrogens (tertiary/aromatic N) is 2. The summed E-state index contributed by atoms with van der Waals surface area (Å²) in [5, 5.41) is 0. The fourth-order valence-corrected chi connectivity index (χ4v) is 3.29. The third-order valence-corrected chi connectivity index (χ3v) is 4.39. The van der Waals surface area contributed by atoms with Crippen molar-refractivity contribution in [2.45, 2.75) is 20.3 Å². The average Bonchev–Trinajstić information content (AvgIpc) is 2.89. The quantitative estimate of drug-likeness (QED) is 0.296. The first-order valence-electron chi connectivity index (χ1n) is 7.35. The Morgan fingerprint density at radius 2 is 2.04 bits per heavy atom. The maximum Gasteiger partial charge on any atom is 0.164 e. The van der Waals surface area contributed by atoms with Crippen molar-refractivity contribution in [2.75, 3.05) is 0 Å². The Labute approximate surface area is 152 Å². The summed E-state index contributed by atoms with van der Waals surface area (Å²) in [6, 6.07) is 7.83. The SMILES string of the molecule is [B]c1c(C)[c-]nc2c(=O)c(C(C)=O)c3n(c12)-c1ccccc1C3.[V]. The molecular formula is C18H12BN2O2V-. The van der Waals surface area contributed by atoms with Crippen LogP contribution in [0.4, 0.5) is 0 Å². The van der Waals surface area contributed by atoms with E-state index in [2.05, 4.69) is 11.2 Å². The predicted molar refractivity (Wildman–Crippen MR) is 89.1 cm³/mol. The van der Waals surface area contributed by atoms with Crippen molar-refractivity contribution in [3.63, 3.8) is 0 Å². The van der Waals surface area contributed by atoms with Gasteiger partial charge in [0.2, 0.25) is 0 Å². The molecular weight excluding hydrogens is 338 g/mol. The molecule has 0 bridgehead atoms. The summed E-state index contributed by atoms with van der Waals surface area (Å²) in [7, 11) is 6.23. The van der Waals surface area contributed by atoms with Crippen LogP contribution in [0.5, 0.6) is 0 Å². The van der Waals surface area contributed by atoms with Crippen LogP contribution in [-0.4, -0.2) is 23.2 Å². The van der Waals surface area contributed by atoms with E-state index in [4.69, 9.17) is 7.85 Å². The maximum atomic E-state index is 12.8. The first kappa shape index (κ1) is 16.7. The first-order valence-corrected chi connectivity index (χ1v) is 7.35. The van der Waals surface area contributed by atoms with Gasteiger partial charge in [0, 0.05) is 49.7 Å². The zero-order valence-electron chi connectivity index (χ0n) is 13.3. The van der Waals surface area contributed by atoms with Crippen LogP contribution in [0, 0.1) is 13.1 Å². The monoisotopic (exact) mass is 350 g/mol. The second kappa shape index (κ2) is 5.76. The van der Waals surface area contributed by atoms with Crippen LogP contribution in [0.2, 0.25) is 0 Å². The molecule has 0 aliphatic carbocycles. The zero-order valence-corrected chi connectivity index (χ0v) is 14.6. The van der Waals surface area contributed by atoms with Crippen LogP contribution in [0.1, 0.15) is 34.1 Å². The summed E-state index contributed by atoms with van der Waals surface area (Å²) < 4.78 is 1.91. The summed E-state index contributed by atoms with van der Waals surface area (Å²) in [5.74, 6) is -0.255. The molecule has 0 amide bonds. The first-order chi connectivity index (χ1) is 11.0. The van der Waals surface area contributed by atoms with Crippen molar-refractivity contribution in [1.82, 2.24) is 9.55 Å². The number of pyridine rings is 2. The standard InChI is InChI=1S/C18H12BN2O2.V/c1-9-8-20-16-17(15(9)19)21-12-6-4-3-5-11(12)7-13(21)14(10(2)22)18(16)23;/h3-6H,7H2,1-2H3;/q-1;. The average molecular weight is 350 g/mol. The van der Waals surface area contributed by atoms with Crippen molar-refractivity contribution in [3.05, 3.63) is 63.1 Å².